The monoisotopic (exact) mass is 459 g/mol. The van der Waals surface area contributed by atoms with E-state index in [0.29, 0.717) is 23.5 Å². The van der Waals surface area contributed by atoms with Crippen molar-refractivity contribution in [1.82, 2.24) is 25.4 Å². The standard InChI is InChI=1S/C23H24F3N5O2/c1-15-20(16(2)31(30-15)19-5-3-4-18(12-19)23(24,25)26)13-22(33)28-11-8-21(32)29-14-17-6-9-27-10-7-17/h3-7,9-10,12H,8,11,13-14H2,1-2H3,(H,28,33)(H,29,32). The van der Waals surface area contributed by atoms with Crippen molar-refractivity contribution in [3.05, 3.63) is 76.9 Å². The molecule has 0 saturated heterocycles. The van der Waals surface area contributed by atoms with E-state index in [1.54, 1.807) is 38.4 Å². The number of amides is 2. The minimum Gasteiger partial charge on any atom is -0.355 e. The minimum atomic E-state index is -4.46. The quantitative estimate of drug-likeness (QED) is 0.541. The van der Waals surface area contributed by atoms with Gasteiger partial charge in [-0.05, 0) is 49.7 Å². The number of pyridine rings is 1. The maximum Gasteiger partial charge on any atom is 0.416 e. The molecule has 0 bridgehead atoms. The highest BCUT2D eigenvalue weighted by molar-refractivity contribution is 5.80. The molecule has 0 aliphatic heterocycles. The summed E-state index contributed by atoms with van der Waals surface area (Å²) in [4.78, 5) is 28.2. The molecule has 0 saturated carbocycles. The van der Waals surface area contributed by atoms with Gasteiger partial charge in [0.05, 0.1) is 23.4 Å². The molecule has 7 nitrogen and oxygen atoms in total. The fourth-order valence-corrected chi connectivity index (χ4v) is 3.32. The maximum absolute atomic E-state index is 13.0. The molecular formula is C23H24F3N5O2. The van der Waals surface area contributed by atoms with Gasteiger partial charge in [0.15, 0.2) is 0 Å². The van der Waals surface area contributed by atoms with Crippen molar-refractivity contribution in [2.45, 2.75) is 39.4 Å². The second kappa shape index (κ2) is 10.3. The molecule has 0 spiro atoms. The van der Waals surface area contributed by atoms with Crippen LogP contribution in [0.5, 0.6) is 0 Å². The molecule has 2 N–H and O–H groups in total. The normalized spacial score (nSPS) is 11.3. The van der Waals surface area contributed by atoms with Gasteiger partial charge in [-0.25, -0.2) is 4.68 Å². The van der Waals surface area contributed by atoms with E-state index in [9.17, 15) is 22.8 Å². The Hall–Kier alpha value is -3.69. The average molecular weight is 459 g/mol. The largest absolute Gasteiger partial charge is 0.416 e. The summed E-state index contributed by atoms with van der Waals surface area (Å²) in [5, 5.41) is 9.78. The van der Waals surface area contributed by atoms with E-state index < -0.39 is 11.7 Å². The summed E-state index contributed by atoms with van der Waals surface area (Å²) in [5.74, 6) is -0.497. The SMILES string of the molecule is Cc1nn(-c2cccc(C(F)(F)F)c2)c(C)c1CC(=O)NCCC(=O)NCc1ccncc1. The molecule has 0 aliphatic rings. The molecule has 0 aliphatic carbocycles. The van der Waals surface area contributed by atoms with Crippen LogP contribution in [0.2, 0.25) is 0 Å². The van der Waals surface area contributed by atoms with Gasteiger partial charge in [-0.15, -0.1) is 0 Å². The zero-order chi connectivity index (χ0) is 24.0. The first-order valence-electron chi connectivity index (χ1n) is 10.3. The van der Waals surface area contributed by atoms with Crippen molar-refractivity contribution in [2.24, 2.45) is 0 Å². The van der Waals surface area contributed by atoms with Crippen LogP contribution in [-0.2, 0) is 28.7 Å². The Morgan fingerprint density at radius 2 is 1.76 bits per heavy atom. The second-order valence-electron chi connectivity index (χ2n) is 7.52. The lowest BCUT2D eigenvalue weighted by Crippen LogP contribution is -2.31. The van der Waals surface area contributed by atoms with Gasteiger partial charge in [0.1, 0.15) is 0 Å². The number of carbonyl (C=O) groups is 2. The van der Waals surface area contributed by atoms with E-state index >= 15 is 0 Å². The first-order valence-corrected chi connectivity index (χ1v) is 10.3. The van der Waals surface area contributed by atoms with Crippen LogP contribution in [0.15, 0.2) is 48.8 Å². The number of hydrogen-bond donors (Lipinski definition) is 2. The Morgan fingerprint density at radius 3 is 2.45 bits per heavy atom. The fraction of sp³-hybridized carbons (Fsp3) is 0.304. The molecule has 0 fully saturated rings. The van der Waals surface area contributed by atoms with Crippen LogP contribution >= 0.6 is 0 Å². The number of nitrogens with one attached hydrogen (secondary N) is 2. The summed E-state index contributed by atoms with van der Waals surface area (Å²) in [7, 11) is 0. The summed E-state index contributed by atoms with van der Waals surface area (Å²) >= 11 is 0. The predicted octanol–water partition coefficient (Wildman–Crippen LogP) is 3.27. The molecule has 2 heterocycles. The molecule has 3 rings (SSSR count). The van der Waals surface area contributed by atoms with Crippen molar-refractivity contribution >= 4 is 11.8 Å². The molecule has 1 aromatic carbocycles. The predicted molar refractivity (Wildman–Crippen MR) is 115 cm³/mol. The molecule has 0 unspecified atom stereocenters. The topological polar surface area (TPSA) is 88.9 Å². The number of halogens is 3. The number of aromatic nitrogens is 3. The number of nitrogens with zero attached hydrogens (tertiary/aromatic N) is 3. The molecule has 10 heteroatoms. The molecule has 2 aromatic heterocycles. The lowest BCUT2D eigenvalue weighted by Gasteiger charge is -2.10. The van der Waals surface area contributed by atoms with E-state index in [-0.39, 0.29) is 36.9 Å². The Kier molecular flexibility index (Phi) is 7.47. The number of benzene rings is 1. The van der Waals surface area contributed by atoms with Gasteiger partial charge in [-0.2, -0.15) is 18.3 Å². The lowest BCUT2D eigenvalue weighted by atomic mass is 10.1. The number of aryl methyl sites for hydroxylation is 1. The lowest BCUT2D eigenvalue weighted by molar-refractivity contribution is -0.137. The summed E-state index contributed by atoms with van der Waals surface area (Å²) < 4.78 is 40.5. The van der Waals surface area contributed by atoms with Crippen LogP contribution in [0.4, 0.5) is 13.2 Å². The van der Waals surface area contributed by atoms with Crippen molar-refractivity contribution < 1.29 is 22.8 Å². The summed E-state index contributed by atoms with van der Waals surface area (Å²) in [6, 6.07) is 8.47. The van der Waals surface area contributed by atoms with Gasteiger partial charge in [0, 0.05) is 43.2 Å². The van der Waals surface area contributed by atoms with Crippen LogP contribution < -0.4 is 10.6 Å². The summed E-state index contributed by atoms with van der Waals surface area (Å²) in [5.41, 5.74) is 2.18. The van der Waals surface area contributed by atoms with Crippen molar-refractivity contribution in [2.75, 3.05) is 6.54 Å². The Balaban J connectivity index is 1.55. The number of carbonyl (C=O) groups excluding carboxylic acids is 2. The first-order chi connectivity index (χ1) is 15.6. The van der Waals surface area contributed by atoms with Crippen molar-refractivity contribution in [1.29, 1.82) is 0 Å². The zero-order valence-electron chi connectivity index (χ0n) is 18.2. The smallest absolute Gasteiger partial charge is 0.355 e. The highest BCUT2D eigenvalue weighted by atomic mass is 19.4. The third-order valence-electron chi connectivity index (χ3n) is 5.11. The Morgan fingerprint density at radius 1 is 1.03 bits per heavy atom. The Labute approximate surface area is 189 Å². The van der Waals surface area contributed by atoms with E-state index in [1.165, 1.54) is 16.8 Å². The maximum atomic E-state index is 13.0. The van der Waals surface area contributed by atoms with Gasteiger partial charge < -0.3 is 10.6 Å². The highest BCUT2D eigenvalue weighted by Gasteiger charge is 2.30. The molecule has 33 heavy (non-hydrogen) atoms. The van der Waals surface area contributed by atoms with E-state index in [2.05, 4.69) is 20.7 Å². The third-order valence-corrected chi connectivity index (χ3v) is 5.11. The molecule has 3 aromatic rings. The third kappa shape index (κ3) is 6.41. The van der Waals surface area contributed by atoms with Crippen molar-refractivity contribution in [3.8, 4) is 5.69 Å². The summed E-state index contributed by atoms with van der Waals surface area (Å²) in [6.07, 6.45) is -1.05. The van der Waals surface area contributed by atoms with Gasteiger partial charge in [0.2, 0.25) is 11.8 Å². The van der Waals surface area contributed by atoms with Crippen molar-refractivity contribution in [3.63, 3.8) is 0 Å². The van der Waals surface area contributed by atoms with E-state index in [1.807, 2.05) is 0 Å². The van der Waals surface area contributed by atoms with Gasteiger partial charge >= 0.3 is 6.18 Å². The number of rotatable bonds is 8. The van der Waals surface area contributed by atoms with Crippen LogP contribution in [-0.4, -0.2) is 33.1 Å². The molecular weight excluding hydrogens is 435 g/mol. The van der Waals surface area contributed by atoms with Gasteiger partial charge in [0.25, 0.3) is 0 Å². The fourth-order valence-electron chi connectivity index (χ4n) is 3.32. The van der Waals surface area contributed by atoms with Gasteiger partial charge in [-0.1, -0.05) is 6.07 Å². The number of hydrogen-bond acceptors (Lipinski definition) is 4. The minimum absolute atomic E-state index is 0.00919. The van der Waals surface area contributed by atoms with Crippen LogP contribution in [0, 0.1) is 13.8 Å². The molecule has 2 amide bonds. The van der Waals surface area contributed by atoms with E-state index in [0.717, 1.165) is 17.7 Å². The molecule has 174 valence electrons. The second-order valence-corrected chi connectivity index (χ2v) is 7.52. The van der Waals surface area contributed by atoms with E-state index in [4.69, 9.17) is 0 Å². The average Bonchev–Trinajstić information content (AvgIpc) is 3.06. The van der Waals surface area contributed by atoms with Crippen LogP contribution in [0.1, 0.15) is 34.5 Å². The molecule has 0 radical (unpaired) electrons. The zero-order valence-corrected chi connectivity index (χ0v) is 18.2. The van der Waals surface area contributed by atoms with Crippen LogP contribution in [0.3, 0.4) is 0 Å². The van der Waals surface area contributed by atoms with Crippen LogP contribution in [0.25, 0.3) is 5.69 Å². The number of alkyl halides is 3. The highest BCUT2D eigenvalue weighted by Crippen LogP contribution is 2.30. The Bertz CT molecular complexity index is 1130. The summed E-state index contributed by atoms with van der Waals surface area (Å²) in [6.45, 7) is 3.95. The molecule has 0 atom stereocenters. The first kappa shape index (κ1) is 24.0. The van der Waals surface area contributed by atoms with Gasteiger partial charge in [-0.3, -0.25) is 14.6 Å².